The number of rotatable bonds is 4. The fourth-order valence-corrected chi connectivity index (χ4v) is 4.04. The van der Waals surface area contributed by atoms with Crippen LogP contribution in [0, 0.1) is 5.82 Å². The number of methoxy groups -OCH3 is 1. The number of benzene rings is 2. The van der Waals surface area contributed by atoms with Crippen molar-refractivity contribution in [2.45, 2.75) is 25.3 Å². The summed E-state index contributed by atoms with van der Waals surface area (Å²) < 4.78 is 20.9. The molecule has 0 amide bonds. The van der Waals surface area contributed by atoms with Crippen molar-refractivity contribution < 1.29 is 13.9 Å². The lowest BCUT2D eigenvalue weighted by Gasteiger charge is -2.32. The highest BCUT2D eigenvalue weighted by molar-refractivity contribution is 5.93. The molecule has 1 aliphatic rings. The molecule has 1 fully saturated rings. The van der Waals surface area contributed by atoms with Crippen LogP contribution in [-0.4, -0.2) is 40.6 Å². The highest BCUT2D eigenvalue weighted by atomic mass is 19.1. The van der Waals surface area contributed by atoms with E-state index < -0.39 is 0 Å². The molecule has 2 heterocycles. The Bertz CT molecular complexity index is 1010. The molecule has 4 rings (SSSR count). The molecule has 0 aliphatic carbocycles. The number of hydrogen-bond donors (Lipinski definition) is 0. The second-order valence-corrected chi connectivity index (χ2v) is 7.35. The molecule has 0 bridgehead atoms. The van der Waals surface area contributed by atoms with Gasteiger partial charge >= 0.3 is 5.97 Å². The Labute approximate surface area is 163 Å². The first kappa shape index (κ1) is 18.6. The molecule has 1 aromatic heterocycles. The maximum Gasteiger partial charge on any atom is 0.337 e. The lowest BCUT2D eigenvalue weighted by atomic mass is 9.89. The number of carbonyl (C=O) groups excluding carboxylic acids is 1. The van der Waals surface area contributed by atoms with Gasteiger partial charge in [0.15, 0.2) is 0 Å². The molecule has 0 radical (unpaired) electrons. The van der Waals surface area contributed by atoms with E-state index in [9.17, 15) is 9.18 Å². The third-order valence-corrected chi connectivity index (χ3v) is 5.69. The Kier molecular flexibility index (Phi) is 5.13. The minimum atomic E-state index is -0.357. The van der Waals surface area contributed by atoms with Crippen LogP contribution < -0.4 is 0 Å². The lowest BCUT2D eigenvalue weighted by Crippen LogP contribution is -2.33. The van der Waals surface area contributed by atoms with Crippen molar-refractivity contribution in [3.05, 3.63) is 65.2 Å². The van der Waals surface area contributed by atoms with Crippen LogP contribution in [0.25, 0.3) is 11.0 Å². The van der Waals surface area contributed by atoms with Gasteiger partial charge in [0.1, 0.15) is 11.6 Å². The summed E-state index contributed by atoms with van der Waals surface area (Å²) in [7, 11) is 3.37. The van der Waals surface area contributed by atoms with Crippen LogP contribution in [-0.2, 0) is 18.3 Å². The van der Waals surface area contributed by atoms with Gasteiger partial charge in [-0.05, 0) is 61.7 Å². The van der Waals surface area contributed by atoms with E-state index in [0.29, 0.717) is 5.56 Å². The number of ether oxygens (including phenoxy) is 1. The zero-order valence-corrected chi connectivity index (χ0v) is 16.2. The highest BCUT2D eigenvalue weighted by Gasteiger charge is 2.24. The molecular weight excluding hydrogens is 357 g/mol. The number of fused-ring (bicyclic) bond motifs is 1. The van der Waals surface area contributed by atoms with E-state index in [-0.39, 0.29) is 17.7 Å². The number of aryl methyl sites for hydroxylation is 1. The summed E-state index contributed by atoms with van der Waals surface area (Å²) in [6, 6.07) is 12.5. The molecule has 5 nitrogen and oxygen atoms in total. The fraction of sp³-hybridized carbons (Fsp3) is 0.364. The Hall–Kier alpha value is -2.73. The summed E-state index contributed by atoms with van der Waals surface area (Å²) in [5.41, 5.74) is 3.12. The van der Waals surface area contributed by atoms with E-state index in [1.807, 2.05) is 25.2 Å². The van der Waals surface area contributed by atoms with Gasteiger partial charge in [0.2, 0.25) is 0 Å². The van der Waals surface area contributed by atoms with Crippen molar-refractivity contribution >= 4 is 17.0 Å². The molecule has 3 aromatic rings. The summed E-state index contributed by atoms with van der Waals surface area (Å²) >= 11 is 0. The molecule has 1 saturated heterocycles. The summed E-state index contributed by atoms with van der Waals surface area (Å²) in [5, 5.41) is 0. The summed E-state index contributed by atoms with van der Waals surface area (Å²) in [6.45, 7) is 2.56. The fourth-order valence-electron chi connectivity index (χ4n) is 4.04. The van der Waals surface area contributed by atoms with Gasteiger partial charge in [-0.1, -0.05) is 18.2 Å². The monoisotopic (exact) mass is 381 g/mol. The van der Waals surface area contributed by atoms with Gasteiger partial charge in [-0.25, -0.2) is 14.2 Å². The zero-order chi connectivity index (χ0) is 19.7. The number of esters is 1. The molecule has 0 N–H and O–H groups in total. The predicted molar refractivity (Wildman–Crippen MR) is 106 cm³/mol. The first-order valence-corrected chi connectivity index (χ1v) is 9.57. The molecule has 0 unspecified atom stereocenters. The van der Waals surface area contributed by atoms with Crippen LogP contribution in [0.4, 0.5) is 4.39 Å². The Morgan fingerprint density at radius 2 is 1.96 bits per heavy atom. The SMILES string of the molecule is COC(=O)c1ccc2c(c1)nc(CN1CCC(c3ccccc3F)CC1)n2C. The third-order valence-electron chi connectivity index (χ3n) is 5.69. The van der Waals surface area contributed by atoms with E-state index in [1.54, 1.807) is 24.3 Å². The van der Waals surface area contributed by atoms with Gasteiger partial charge in [-0.2, -0.15) is 0 Å². The minimum Gasteiger partial charge on any atom is -0.465 e. The zero-order valence-electron chi connectivity index (χ0n) is 16.2. The van der Waals surface area contributed by atoms with Crippen LogP contribution in [0.1, 0.15) is 40.5 Å². The topological polar surface area (TPSA) is 47.4 Å². The quantitative estimate of drug-likeness (QED) is 0.644. The normalized spacial score (nSPS) is 15.8. The van der Waals surface area contributed by atoms with Crippen molar-refractivity contribution in [2.75, 3.05) is 20.2 Å². The number of imidazole rings is 1. The molecule has 1 aliphatic heterocycles. The van der Waals surface area contributed by atoms with E-state index in [0.717, 1.165) is 54.9 Å². The number of piperidine rings is 1. The summed E-state index contributed by atoms with van der Waals surface area (Å²) in [4.78, 5) is 18.8. The second kappa shape index (κ2) is 7.72. The average molecular weight is 381 g/mol. The van der Waals surface area contributed by atoms with E-state index in [4.69, 9.17) is 9.72 Å². The van der Waals surface area contributed by atoms with E-state index in [2.05, 4.69) is 9.47 Å². The summed E-state index contributed by atoms with van der Waals surface area (Å²) in [6.07, 6.45) is 1.88. The molecule has 146 valence electrons. The highest BCUT2D eigenvalue weighted by Crippen LogP contribution is 2.30. The molecule has 6 heteroatoms. The van der Waals surface area contributed by atoms with Crippen LogP contribution >= 0.6 is 0 Å². The summed E-state index contributed by atoms with van der Waals surface area (Å²) in [5.74, 6) is 0.781. The van der Waals surface area contributed by atoms with Gasteiger partial charge < -0.3 is 9.30 Å². The van der Waals surface area contributed by atoms with Gasteiger partial charge in [0.25, 0.3) is 0 Å². The molecule has 0 saturated carbocycles. The Balaban J connectivity index is 1.46. The number of halogens is 1. The van der Waals surface area contributed by atoms with E-state index >= 15 is 0 Å². The second-order valence-electron chi connectivity index (χ2n) is 7.35. The Morgan fingerprint density at radius 1 is 1.21 bits per heavy atom. The molecule has 28 heavy (non-hydrogen) atoms. The standard InChI is InChI=1S/C22H24FN3O2/c1-25-20-8-7-16(22(27)28-2)13-19(20)24-21(25)14-26-11-9-15(10-12-26)17-5-3-4-6-18(17)23/h3-8,13,15H,9-12,14H2,1-2H3. The van der Waals surface area contributed by atoms with Gasteiger partial charge in [-0.15, -0.1) is 0 Å². The lowest BCUT2D eigenvalue weighted by molar-refractivity contribution is 0.0601. The number of likely N-dealkylation sites (tertiary alicyclic amines) is 1. The van der Waals surface area contributed by atoms with Gasteiger partial charge in [0.05, 0.1) is 30.3 Å². The molecule has 2 aromatic carbocycles. The van der Waals surface area contributed by atoms with Crippen LogP contribution in [0.3, 0.4) is 0 Å². The first-order valence-electron chi connectivity index (χ1n) is 9.57. The number of nitrogens with zero attached hydrogens (tertiary/aromatic N) is 3. The number of hydrogen-bond acceptors (Lipinski definition) is 4. The Morgan fingerprint density at radius 3 is 2.68 bits per heavy atom. The average Bonchev–Trinajstić information content (AvgIpc) is 3.03. The smallest absolute Gasteiger partial charge is 0.337 e. The minimum absolute atomic E-state index is 0.0993. The van der Waals surface area contributed by atoms with E-state index in [1.165, 1.54) is 7.11 Å². The van der Waals surface area contributed by atoms with Crippen molar-refractivity contribution in [2.24, 2.45) is 7.05 Å². The van der Waals surface area contributed by atoms with Gasteiger partial charge in [-0.3, -0.25) is 4.90 Å². The van der Waals surface area contributed by atoms with Crippen molar-refractivity contribution in [1.29, 1.82) is 0 Å². The molecular formula is C22H24FN3O2. The predicted octanol–water partition coefficient (Wildman–Crippen LogP) is 3.88. The first-order chi connectivity index (χ1) is 13.6. The van der Waals surface area contributed by atoms with Crippen LogP contribution in [0.2, 0.25) is 0 Å². The van der Waals surface area contributed by atoms with Crippen molar-refractivity contribution in [3.63, 3.8) is 0 Å². The number of aromatic nitrogens is 2. The largest absolute Gasteiger partial charge is 0.465 e. The van der Waals surface area contributed by atoms with Crippen molar-refractivity contribution in [1.82, 2.24) is 14.5 Å². The third kappa shape index (κ3) is 3.52. The molecule has 0 spiro atoms. The molecule has 0 atom stereocenters. The van der Waals surface area contributed by atoms with Crippen LogP contribution in [0.5, 0.6) is 0 Å². The van der Waals surface area contributed by atoms with Crippen LogP contribution in [0.15, 0.2) is 42.5 Å². The maximum absolute atomic E-state index is 14.0. The number of carbonyl (C=O) groups is 1. The van der Waals surface area contributed by atoms with Crippen molar-refractivity contribution in [3.8, 4) is 0 Å². The van der Waals surface area contributed by atoms with Gasteiger partial charge in [0, 0.05) is 7.05 Å². The maximum atomic E-state index is 14.0.